The Labute approximate surface area is 120 Å². The molecule has 1 amide bonds. The van der Waals surface area contributed by atoms with Crippen LogP contribution in [0.5, 0.6) is 0 Å². The molecule has 6 heteroatoms. The van der Waals surface area contributed by atoms with Gasteiger partial charge in [-0.05, 0) is 12.8 Å². The fraction of sp³-hybridized carbons (Fsp3) is 0.200. The summed E-state index contributed by atoms with van der Waals surface area (Å²) in [7, 11) is 0. The number of amides is 1. The SMILES string of the molecule is O=C(Nc1n[nH]c2nc(-c3ccccc3)ncc12)C1CC1. The predicted molar refractivity (Wildman–Crippen MR) is 78.5 cm³/mol. The van der Waals surface area contributed by atoms with Crippen molar-refractivity contribution in [2.24, 2.45) is 5.92 Å². The van der Waals surface area contributed by atoms with E-state index in [1.165, 1.54) is 0 Å². The van der Waals surface area contributed by atoms with Crippen LogP contribution in [0.3, 0.4) is 0 Å². The van der Waals surface area contributed by atoms with Crippen LogP contribution in [-0.2, 0) is 4.79 Å². The van der Waals surface area contributed by atoms with Crippen molar-refractivity contribution in [2.75, 3.05) is 5.32 Å². The zero-order chi connectivity index (χ0) is 14.2. The van der Waals surface area contributed by atoms with Gasteiger partial charge in [-0.2, -0.15) is 5.10 Å². The summed E-state index contributed by atoms with van der Waals surface area (Å²) in [5.41, 5.74) is 1.56. The highest BCUT2D eigenvalue weighted by Gasteiger charge is 2.30. The number of carbonyl (C=O) groups excluding carboxylic acids is 1. The Morgan fingerprint density at radius 2 is 2.05 bits per heavy atom. The van der Waals surface area contributed by atoms with Crippen LogP contribution in [0.4, 0.5) is 5.82 Å². The number of fused-ring (bicyclic) bond motifs is 1. The molecule has 104 valence electrons. The van der Waals surface area contributed by atoms with Crippen LogP contribution < -0.4 is 5.32 Å². The molecule has 1 saturated carbocycles. The maximum absolute atomic E-state index is 11.8. The van der Waals surface area contributed by atoms with E-state index < -0.39 is 0 Å². The van der Waals surface area contributed by atoms with E-state index in [1.54, 1.807) is 6.20 Å². The first-order valence-corrected chi connectivity index (χ1v) is 6.88. The lowest BCUT2D eigenvalue weighted by atomic mass is 10.2. The number of nitrogens with one attached hydrogen (secondary N) is 2. The van der Waals surface area contributed by atoms with Gasteiger partial charge in [0.15, 0.2) is 17.3 Å². The minimum atomic E-state index is 0.0236. The van der Waals surface area contributed by atoms with Crippen LogP contribution in [0.2, 0.25) is 0 Å². The quantitative estimate of drug-likeness (QED) is 0.771. The fourth-order valence-electron chi connectivity index (χ4n) is 2.20. The molecule has 3 aromatic rings. The average molecular weight is 279 g/mol. The molecule has 1 aliphatic rings. The average Bonchev–Trinajstić information content (AvgIpc) is 3.31. The number of carbonyl (C=O) groups is 1. The van der Waals surface area contributed by atoms with Crippen molar-refractivity contribution < 1.29 is 4.79 Å². The topological polar surface area (TPSA) is 83.6 Å². The van der Waals surface area contributed by atoms with Gasteiger partial charge < -0.3 is 5.32 Å². The third kappa shape index (κ3) is 2.24. The van der Waals surface area contributed by atoms with Gasteiger partial charge in [0, 0.05) is 17.7 Å². The molecule has 0 aliphatic heterocycles. The summed E-state index contributed by atoms with van der Waals surface area (Å²) in [4.78, 5) is 20.6. The Bertz CT molecular complexity index is 807. The van der Waals surface area contributed by atoms with Crippen LogP contribution >= 0.6 is 0 Å². The van der Waals surface area contributed by atoms with Gasteiger partial charge in [0.05, 0.1) is 5.39 Å². The van der Waals surface area contributed by atoms with Crippen molar-refractivity contribution in [1.29, 1.82) is 0 Å². The van der Waals surface area contributed by atoms with Crippen LogP contribution in [0.1, 0.15) is 12.8 Å². The first kappa shape index (κ1) is 12.0. The Morgan fingerprint density at radius 3 is 2.81 bits per heavy atom. The maximum Gasteiger partial charge on any atom is 0.228 e. The molecule has 0 spiro atoms. The van der Waals surface area contributed by atoms with Gasteiger partial charge in [-0.15, -0.1) is 0 Å². The number of aromatic amines is 1. The number of anilines is 1. The van der Waals surface area contributed by atoms with Crippen LogP contribution in [0.25, 0.3) is 22.4 Å². The summed E-state index contributed by atoms with van der Waals surface area (Å²) < 4.78 is 0. The highest BCUT2D eigenvalue weighted by molar-refractivity contribution is 6.00. The number of benzene rings is 1. The molecular weight excluding hydrogens is 266 g/mol. The van der Waals surface area contributed by atoms with E-state index in [-0.39, 0.29) is 11.8 Å². The van der Waals surface area contributed by atoms with E-state index in [2.05, 4.69) is 25.5 Å². The standard InChI is InChI=1S/C15H13N5O/c21-15(10-6-7-10)18-14-11-8-16-12(17-13(11)19-20-14)9-4-2-1-3-5-9/h1-5,8,10H,6-7H2,(H2,16,17,18,19,20,21). The van der Waals surface area contributed by atoms with Crippen molar-refractivity contribution in [3.05, 3.63) is 36.5 Å². The molecule has 0 saturated heterocycles. The van der Waals surface area contributed by atoms with Crippen LogP contribution in [0.15, 0.2) is 36.5 Å². The summed E-state index contributed by atoms with van der Waals surface area (Å²) in [6, 6.07) is 9.73. The largest absolute Gasteiger partial charge is 0.308 e. The second-order valence-electron chi connectivity index (χ2n) is 5.16. The lowest BCUT2D eigenvalue weighted by molar-refractivity contribution is -0.117. The van der Waals surface area contributed by atoms with E-state index in [9.17, 15) is 4.79 Å². The molecule has 0 atom stereocenters. The molecule has 0 radical (unpaired) electrons. The zero-order valence-electron chi connectivity index (χ0n) is 11.2. The summed E-state index contributed by atoms with van der Waals surface area (Å²) in [6.45, 7) is 0. The van der Waals surface area contributed by atoms with Crippen LogP contribution in [-0.4, -0.2) is 26.1 Å². The molecule has 1 aliphatic carbocycles. The van der Waals surface area contributed by atoms with Gasteiger partial charge >= 0.3 is 0 Å². The van der Waals surface area contributed by atoms with Gasteiger partial charge in [-0.1, -0.05) is 30.3 Å². The molecule has 0 bridgehead atoms. The molecule has 1 fully saturated rings. The van der Waals surface area contributed by atoms with Crippen LogP contribution in [0, 0.1) is 5.92 Å². The number of aromatic nitrogens is 4. The Morgan fingerprint density at radius 1 is 1.24 bits per heavy atom. The monoisotopic (exact) mass is 279 g/mol. The zero-order valence-corrected chi connectivity index (χ0v) is 11.2. The number of hydrogen-bond acceptors (Lipinski definition) is 4. The Kier molecular flexibility index (Phi) is 2.67. The number of nitrogens with zero attached hydrogens (tertiary/aromatic N) is 3. The summed E-state index contributed by atoms with van der Waals surface area (Å²) in [6.07, 6.45) is 3.61. The molecule has 4 rings (SSSR count). The maximum atomic E-state index is 11.8. The Balaban J connectivity index is 1.68. The second-order valence-corrected chi connectivity index (χ2v) is 5.16. The first-order chi connectivity index (χ1) is 10.3. The highest BCUT2D eigenvalue weighted by atomic mass is 16.2. The summed E-state index contributed by atoms with van der Waals surface area (Å²) in [5, 5.41) is 10.5. The highest BCUT2D eigenvalue weighted by Crippen LogP contribution is 2.31. The molecule has 2 aromatic heterocycles. The molecule has 2 N–H and O–H groups in total. The van der Waals surface area contributed by atoms with E-state index in [0.29, 0.717) is 17.3 Å². The second kappa shape index (κ2) is 4.66. The number of hydrogen-bond donors (Lipinski definition) is 2. The van der Waals surface area contributed by atoms with Crippen molar-refractivity contribution in [3.63, 3.8) is 0 Å². The molecule has 0 unspecified atom stereocenters. The van der Waals surface area contributed by atoms with Gasteiger partial charge in [0.1, 0.15) is 0 Å². The van der Waals surface area contributed by atoms with E-state index in [0.717, 1.165) is 23.8 Å². The van der Waals surface area contributed by atoms with E-state index in [4.69, 9.17) is 0 Å². The molecule has 1 aromatic carbocycles. The molecule has 2 heterocycles. The van der Waals surface area contributed by atoms with Gasteiger partial charge in [0.2, 0.25) is 5.91 Å². The minimum Gasteiger partial charge on any atom is -0.308 e. The van der Waals surface area contributed by atoms with Crippen molar-refractivity contribution in [3.8, 4) is 11.4 Å². The summed E-state index contributed by atoms with van der Waals surface area (Å²) in [5.74, 6) is 1.30. The third-order valence-corrected chi connectivity index (χ3v) is 3.54. The summed E-state index contributed by atoms with van der Waals surface area (Å²) >= 11 is 0. The molecular formula is C15H13N5O. The number of rotatable bonds is 3. The molecule has 6 nitrogen and oxygen atoms in total. The van der Waals surface area contributed by atoms with Crippen molar-refractivity contribution in [1.82, 2.24) is 20.2 Å². The van der Waals surface area contributed by atoms with Gasteiger partial charge in [0.25, 0.3) is 0 Å². The van der Waals surface area contributed by atoms with Gasteiger partial charge in [-0.25, -0.2) is 9.97 Å². The van der Waals surface area contributed by atoms with Crippen molar-refractivity contribution >= 4 is 22.8 Å². The van der Waals surface area contributed by atoms with Gasteiger partial charge in [-0.3, -0.25) is 9.89 Å². The smallest absolute Gasteiger partial charge is 0.228 e. The van der Waals surface area contributed by atoms with E-state index >= 15 is 0 Å². The predicted octanol–water partition coefficient (Wildman–Crippen LogP) is 2.37. The fourth-order valence-corrected chi connectivity index (χ4v) is 2.20. The van der Waals surface area contributed by atoms with Crippen molar-refractivity contribution in [2.45, 2.75) is 12.8 Å². The number of H-pyrrole nitrogens is 1. The first-order valence-electron chi connectivity index (χ1n) is 6.88. The normalized spacial score (nSPS) is 14.3. The molecule has 21 heavy (non-hydrogen) atoms. The minimum absolute atomic E-state index is 0.0236. The Hall–Kier alpha value is -2.76. The third-order valence-electron chi connectivity index (χ3n) is 3.54. The lowest BCUT2D eigenvalue weighted by Gasteiger charge is -2.01. The van der Waals surface area contributed by atoms with E-state index in [1.807, 2.05) is 30.3 Å². The lowest BCUT2D eigenvalue weighted by Crippen LogP contribution is -2.13.